The fourth-order valence-electron chi connectivity index (χ4n) is 4.07. The zero-order valence-electron chi connectivity index (χ0n) is 17.0. The summed E-state index contributed by atoms with van der Waals surface area (Å²) in [6, 6.07) is 18.1. The molecule has 1 heterocycles. The molecule has 0 spiro atoms. The van der Waals surface area contributed by atoms with Gasteiger partial charge in [-0.3, -0.25) is 9.69 Å². The second kappa shape index (κ2) is 9.52. The molecule has 5 heteroatoms. The van der Waals surface area contributed by atoms with Crippen molar-refractivity contribution < 1.29 is 14.7 Å². The van der Waals surface area contributed by atoms with Gasteiger partial charge in [0.15, 0.2) is 0 Å². The van der Waals surface area contributed by atoms with E-state index in [-0.39, 0.29) is 18.0 Å². The Morgan fingerprint density at radius 3 is 2.17 bits per heavy atom. The SMILES string of the molecule is C[C@@H]1CN(Cc2ccc(C=CC(=O)O)cc2)C[C@H](C)N1C(=O)Cc1ccccc1. The van der Waals surface area contributed by atoms with E-state index in [1.807, 2.05) is 59.5 Å². The van der Waals surface area contributed by atoms with Crippen LogP contribution in [0.1, 0.15) is 30.5 Å². The maximum absolute atomic E-state index is 12.9. The number of carboxylic acid groups (broad SMARTS) is 1. The highest BCUT2D eigenvalue weighted by Crippen LogP contribution is 2.20. The van der Waals surface area contributed by atoms with Crippen LogP contribution in [0.3, 0.4) is 0 Å². The normalized spacial score (nSPS) is 20.1. The molecule has 0 aliphatic carbocycles. The minimum absolute atomic E-state index is 0.160. The van der Waals surface area contributed by atoms with Crippen molar-refractivity contribution in [1.29, 1.82) is 0 Å². The summed E-state index contributed by atoms with van der Waals surface area (Å²) in [7, 11) is 0. The summed E-state index contributed by atoms with van der Waals surface area (Å²) in [5, 5.41) is 8.72. The average molecular weight is 392 g/mol. The lowest BCUT2D eigenvalue weighted by Gasteiger charge is -2.44. The number of carbonyl (C=O) groups excluding carboxylic acids is 1. The molecule has 1 amide bonds. The van der Waals surface area contributed by atoms with Crippen LogP contribution in [0.5, 0.6) is 0 Å². The number of benzene rings is 2. The Hall–Kier alpha value is -2.92. The van der Waals surface area contributed by atoms with Crippen LogP contribution in [0.25, 0.3) is 6.08 Å². The average Bonchev–Trinajstić information content (AvgIpc) is 2.67. The monoisotopic (exact) mass is 392 g/mol. The molecular weight excluding hydrogens is 364 g/mol. The van der Waals surface area contributed by atoms with Crippen molar-refractivity contribution in [3.8, 4) is 0 Å². The number of hydrogen-bond donors (Lipinski definition) is 1. The molecule has 0 bridgehead atoms. The van der Waals surface area contributed by atoms with E-state index in [0.29, 0.717) is 6.42 Å². The van der Waals surface area contributed by atoms with Gasteiger partial charge in [-0.15, -0.1) is 0 Å². The largest absolute Gasteiger partial charge is 0.478 e. The molecular formula is C24H28N2O3. The number of nitrogens with zero attached hydrogens (tertiary/aromatic N) is 2. The summed E-state index contributed by atoms with van der Waals surface area (Å²) in [5.74, 6) is -0.762. The van der Waals surface area contributed by atoms with Gasteiger partial charge >= 0.3 is 5.97 Å². The van der Waals surface area contributed by atoms with Gasteiger partial charge in [0.1, 0.15) is 0 Å². The third kappa shape index (κ3) is 5.78. The molecule has 152 valence electrons. The number of carbonyl (C=O) groups is 2. The maximum atomic E-state index is 12.9. The summed E-state index contributed by atoms with van der Waals surface area (Å²) in [4.78, 5) is 27.9. The standard InChI is InChI=1S/C24H28N2O3/c1-18-15-25(17-22-10-8-20(9-11-22)12-13-24(28)29)16-19(2)26(18)23(27)14-21-6-4-3-5-7-21/h3-13,18-19H,14-17H2,1-2H3,(H,28,29)/t18-,19+. The zero-order valence-corrected chi connectivity index (χ0v) is 17.0. The van der Waals surface area contributed by atoms with E-state index in [4.69, 9.17) is 5.11 Å². The van der Waals surface area contributed by atoms with Crippen molar-refractivity contribution in [3.05, 3.63) is 77.4 Å². The van der Waals surface area contributed by atoms with E-state index in [1.54, 1.807) is 6.08 Å². The number of rotatable bonds is 6. The van der Waals surface area contributed by atoms with Gasteiger partial charge in [-0.1, -0.05) is 54.6 Å². The van der Waals surface area contributed by atoms with Crippen LogP contribution in [0.4, 0.5) is 0 Å². The quantitative estimate of drug-likeness (QED) is 0.765. The number of aliphatic carboxylic acids is 1. The van der Waals surface area contributed by atoms with Crippen LogP contribution < -0.4 is 0 Å². The first-order valence-corrected chi connectivity index (χ1v) is 10.00. The van der Waals surface area contributed by atoms with Crippen molar-refractivity contribution >= 4 is 18.0 Å². The lowest BCUT2D eigenvalue weighted by molar-refractivity contribution is -0.138. The highest BCUT2D eigenvalue weighted by atomic mass is 16.4. The van der Waals surface area contributed by atoms with Crippen LogP contribution >= 0.6 is 0 Å². The Balaban J connectivity index is 1.58. The van der Waals surface area contributed by atoms with Crippen LogP contribution in [0.15, 0.2) is 60.7 Å². The topological polar surface area (TPSA) is 60.9 Å². The van der Waals surface area contributed by atoms with E-state index in [9.17, 15) is 9.59 Å². The number of hydrogen-bond acceptors (Lipinski definition) is 3. The predicted octanol–water partition coefficient (Wildman–Crippen LogP) is 3.45. The minimum Gasteiger partial charge on any atom is -0.478 e. The Morgan fingerprint density at radius 2 is 1.59 bits per heavy atom. The van der Waals surface area contributed by atoms with Gasteiger partial charge in [0.05, 0.1) is 6.42 Å². The molecule has 1 aliphatic rings. The molecule has 5 nitrogen and oxygen atoms in total. The molecule has 1 N–H and O–H groups in total. The van der Waals surface area contributed by atoms with Crippen molar-refractivity contribution in [2.45, 2.75) is 38.9 Å². The first kappa shape index (κ1) is 20.8. The van der Waals surface area contributed by atoms with Gasteiger partial charge in [-0.25, -0.2) is 4.79 Å². The van der Waals surface area contributed by atoms with Crippen molar-refractivity contribution in [2.24, 2.45) is 0 Å². The molecule has 2 aromatic carbocycles. The zero-order chi connectivity index (χ0) is 20.8. The van der Waals surface area contributed by atoms with Crippen LogP contribution in [0.2, 0.25) is 0 Å². The van der Waals surface area contributed by atoms with Crippen molar-refractivity contribution in [3.63, 3.8) is 0 Å². The van der Waals surface area contributed by atoms with Gasteiger partial charge in [0, 0.05) is 37.8 Å². The first-order chi connectivity index (χ1) is 13.9. The molecule has 2 atom stereocenters. The fraction of sp³-hybridized carbons (Fsp3) is 0.333. The summed E-state index contributed by atoms with van der Waals surface area (Å²) >= 11 is 0. The molecule has 0 unspecified atom stereocenters. The summed E-state index contributed by atoms with van der Waals surface area (Å²) in [6.45, 7) is 6.73. The molecule has 0 saturated carbocycles. The molecule has 0 radical (unpaired) electrons. The Labute approximate surface area is 172 Å². The predicted molar refractivity (Wildman–Crippen MR) is 114 cm³/mol. The molecule has 1 fully saturated rings. The van der Waals surface area contributed by atoms with E-state index in [0.717, 1.165) is 36.8 Å². The fourth-order valence-corrected chi connectivity index (χ4v) is 4.07. The number of amides is 1. The highest BCUT2D eigenvalue weighted by Gasteiger charge is 2.32. The Bertz CT molecular complexity index is 849. The van der Waals surface area contributed by atoms with Crippen LogP contribution in [-0.4, -0.2) is 52.0 Å². The summed E-state index contributed by atoms with van der Waals surface area (Å²) < 4.78 is 0. The second-order valence-electron chi connectivity index (χ2n) is 7.77. The Morgan fingerprint density at radius 1 is 0.966 bits per heavy atom. The third-order valence-electron chi connectivity index (χ3n) is 5.28. The first-order valence-electron chi connectivity index (χ1n) is 10.00. The van der Waals surface area contributed by atoms with Gasteiger partial charge in [0.25, 0.3) is 0 Å². The number of carboxylic acids is 1. The van der Waals surface area contributed by atoms with E-state index in [2.05, 4.69) is 18.7 Å². The lowest BCUT2D eigenvalue weighted by atomic mass is 10.0. The smallest absolute Gasteiger partial charge is 0.328 e. The van der Waals surface area contributed by atoms with Crippen LogP contribution in [-0.2, 0) is 22.6 Å². The van der Waals surface area contributed by atoms with E-state index in [1.165, 1.54) is 5.56 Å². The highest BCUT2D eigenvalue weighted by molar-refractivity contribution is 5.85. The van der Waals surface area contributed by atoms with Gasteiger partial charge < -0.3 is 10.0 Å². The lowest BCUT2D eigenvalue weighted by Crippen LogP contribution is -2.58. The minimum atomic E-state index is -0.947. The molecule has 3 rings (SSSR count). The molecule has 1 aliphatic heterocycles. The maximum Gasteiger partial charge on any atom is 0.328 e. The van der Waals surface area contributed by atoms with Gasteiger partial charge in [-0.2, -0.15) is 0 Å². The number of piperazine rings is 1. The molecule has 0 aromatic heterocycles. The Kier molecular flexibility index (Phi) is 6.83. The van der Waals surface area contributed by atoms with E-state index < -0.39 is 5.97 Å². The molecule has 29 heavy (non-hydrogen) atoms. The molecule has 1 saturated heterocycles. The van der Waals surface area contributed by atoms with Crippen LogP contribution in [0, 0.1) is 0 Å². The van der Waals surface area contributed by atoms with Crippen molar-refractivity contribution in [1.82, 2.24) is 9.80 Å². The van der Waals surface area contributed by atoms with Gasteiger partial charge in [0.2, 0.25) is 5.91 Å². The van der Waals surface area contributed by atoms with Gasteiger partial charge in [-0.05, 0) is 36.6 Å². The second-order valence-corrected chi connectivity index (χ2v) is 7.77. The summed E-state index contributed by atoms with van der Waals surface area (Å²) in [6.07, 6.45) is 3.18. The van der Waals surface area contributed by atoms with E-state index >= 15 is 0 Å². The third-order valence-corrected chi connectivity index (χ3v) is 5.28. The summed E-state index contributed by atoms with van der Waals surface area (Å²) in [5.41, 5.74) is 3.10. The molecule has 2 aromatic rings. The van der Waals surface area contributed by atoms with Crippen molar-refractivity contribution in [2.75, 3.05) is 13.1 Å².